The Labute approximate surface area is 219 Å². The summed E-state index contributed by atoms with van der Waals surface area (Å²) in [6.07, 6.45) is 2.78. The summed E-state index contributed by atoms with van der Waals surface area (Å²) in [4.78, 5) is 13.3. The van der Waals surface area contributed by atoms with Gasteiger partial charge in [0.15, 0.2) is 25.7 Å². The van der Waals surface area contributed by atoms with Crippen molar-refractivity contribution in [1.82, 2.24) is 0 Å². The van der Waals surface area contributed by atoms with E-state index in [1.54, 1.807) is 6.08 Å². The van der Waals surface area contributed by atoms with E-state index in [1.165, 1.54) is 0 Å². The molecule has 3 aliphatic heterocycles. The van der Waals surface area contributed by atoms with Crippen LogP contribution in [-0.4, -0.2) is 68.9 Å². The van der Waals surface area contributed by atoms with Crippen LogP contribution in [0.2, 0.25) is 18.1 Å². The van der Waals surface area contributed by atoms with Crippen molar-refractivity contribution in [1.29, 1.82) is 0 Å². The van der Waals surface area contributed by atoms with E-state index in [9.17, 15) is 4.79 Å². The van der Waals surface area contributed by atoms with Gasteiger partial charge in [-0.2, -0.15) is 0 Å². The molecule has 0 spiro atoms. The van der Waals surface area contributed by atoms with Crippen molar-refractivity contribution in [2.24, 2.45) is 0 Å². The largest absolute Gasteiger partial charge is 0.408 e. The van der Waals surface area contributed by atoms with Crippen molar-refractivity contribution in [3.63, 3.8) is 0 Å². The molecule has 7 nitrogen and oxygen atoms in total. The van der Waals surface area contributed by atoms with Gasteiger partial charge in [-0.15, -0.1) is 6.58 Å². The van der Waals surface area contributed by atoms with Crippen LogP contribution in [0.3, 0.4) is 0 Å². The molecule has 0 aromatic heterocycles. The highest BCUT2D eigenvalue weighted by atomic mass is 28.4. The highest BCUT2D eigenvalue weighted by Crippen LogP contribution is 2.47. The summed E-state index contributed by atoms with van der Waals surface area (Å²) in [5.41, 5.74) is 0. The lowest BCUT2D eigenvalue weighted by Crippen LogP contribution is -2.55. The third-order valence-electron chi connectivity index (χ3n) is 8.82. The first-order chi connectivity index (χ1) is 16.8. The SMILES string of the molecule is C=CCCC(=O)[C@H]1O[C@@H]([C@H](O[Si](C)(C)C(C)(C)C)[C@H]2COC(CC)(CC)O2)[C@H]2OC(CC)(CC)O[C@H]21. The van der Waals surface area contributed by atoms with Crippen LogP contribution in [0.1, 0.15) is 87.0 Å². The molecule has 3 rings (SSSR count). The van der Waals surface area contributed by atoms with Crippen LogP contribution in [0.15, 0.2) is 12.7 Å². The molecule has 3 saturated heterocycles. The quantitative estimate of drug-likeness (QED) is 0.231. The van der Waals surface area contributed by atoms with Gasteiger partial charge in [-0.05, 0) is 50.2 Å². The Morgan fingerprint density at radius 1 is 1.03 bits per heavy atom. The van der Waals surface area contributed by atoms with E-state index >= 15 is 0 Å². The Morgan fingerprint density at radius 2 is 1.61 bits per heavy atom. The number of hydrogen-bond acceptors (Lipinski definition) is 7. The van der Waals surface area contributed by atoms with Crippen molar-refractivity contribution >= 4 is 14.1 Å². The first kappa shape index (κ1) is 29.9. The van der Waals surface area contributed by atoms with E-state index < -0.39 is 50.4 Å². The molecular weight excluding hydrogens is 476 g/mol. The minimum atomic E-state index is -2.25. The van der Waals surface area contributed by atoms with Gasteiger partial charge in [-0.1, -0.05) is 54.5 Å². The Kier molecular flexibility index (Phi) is 9.35. The number of Topliss-reactive ketones (excluding diaryl/α,β-unsaturated/α-hetero) is 1. The van der Waals surface area contributed by atoms with Crippen LogP contribution in [0.5, 0.6) is 0 Å². The van der Waals surface area contributed by atoms with Crippen LogP contribution in [0.4, 0.5) is 0 Å². The van der Waals surface area contributed by atoms with Gasteiger partial charge in [-0.25, -0.2) is 0 Å². The van der Waals surface area contributed by atoms with Crippen molar-refractivity contribution in [2.75, 3.05) is 6.61 Å². The van der Waals surface area contributed by atoms with Crippen molar-refractivity contribution in [3.8, 4) is 0 Å². The molecule has 0 bridgehead atoms. The molecule has 3 aliphatic rings. The van der Waals surface area contributed by atoms with Gasteiger partial charge in [-0.3, -0.25) is 4.79 Å². The maximum Gasteiger partial charge on any atom is 0.192 e. The molecule has 8 heteroatoms. The molecule has 3 fully saturated rings. The lowest BCUT2D eigenvalue weighted by molar-refractivity contribution is -0.227. The predicted octanol–water partition coefficient (Wildman–Crippen LogP) is 5.91. The van der Waals surface area contributed by atoms with Crippen LogP contribution in [0.25, 0.3) is 0 Å². The Bertz CT molecular complexity index is 768. The average Bonchev–Trinajstić information content (AvgIpc) is 3.52. The summed E-state index contributed by atoms with van der Waals surface area (Å²) in [5, 5.41) is -0.0157. The van der Waals surface area contributed by atoms with Crippen LogP contribution < -0.4 is 0 Å². The second-order valence-electron chi connectivity index (χ2n) is 12.0. The highest BCUT2D eigenvalue weighted by Gasteiger charge is 2.63. The summed E-state index contributed by atoms with van der Waals surface area (Å²) >= 11 is 0. The van der Waals surface area contributed by atoms with Crippen molar-refractivity contribution in [3.05, 3.63) is 12.7 Å². The molecule has 0 amide bonds. The maximum absolute atomic E-state index is 13.3. The Hall–Kier alpha value is -0.613. The van der Waals surface area contributed by atoms with Crippen LogP contribution in [-0.2, 0) is 32.9 Å². The maximum atomic E-state index is 13.3. The molecule has 0 aromatic rings. The molecule has 0 radical (unpaired) electrons. The number of ether oxygens (including phenoxy) is 5. The first-order valence-corrected chi connectivity index (χ1v) is 16.9. The zero-order valence-electron chi connectivity index (χ0n) is 24.1. The van der Waals surface area contributed by atoms with Crippen molar-refractivity contribution in [2.45, 2.75) is 153 Å². The van der Waals surface area contributed by atoms with E-state index in [-0.39, 0.29) is 16.9 Å². The topological polar surface area (TPSA) is 72.5 Å². The van der Waals surface area contributed by atoms with E-state index in [0.717, 1.165) is 12.8 Å². The standard InChI is InChI=1S/C28H50O7Si/c1-11-16-17-19(29)21-24-25(34-28(14-4,15-5)33-24)23(31-21)22(35-36(9,10)26(6,7)8)20-18-30-27(12-2,13-3)32-20/h11,20-25H,1,12-18H2,2-10H3/t20-,21-,22-,23+,24+,25-/m1/s1. The predicted molar refractivity (Wildman–Crippen MR) is 142 cm³/mol. The minimum Gasteiger partial charge on any atom is -0.408 e. The van der Waals surface area contributed by atoms with Crippen LogP contribution in [0, 0.1) is 0 Å². The minimum absolute atomic E-state index is 0.0157. The van der Waals surface area contributed by atoms with Gasteiger partial charge in [0.2, 0.25) is 0 Å². The smallest absolute Gasteiger partial charge is 0.192 e. The number of carbonyl (C=O) groups is 1. The highest BCUT2D eigenvalue weighted by molar-refractivity contribution is 6.74. The Morgan fingerprint density at radius 3 is 2.11 bits per heavy atom. The van der Waals surface area contributed by atoms with Crippen molar-refractivity contribution < 1.29 is 32.9 Å². The molecule has 208 valence electrons. The molecule has 36 heavy (non-hydrogen) atoms. The summed E-state index contributed by atoms with van der Waals surface area (Å²) in [5.74, 6) is -1.33. The molecule has 3 heterocycles. The summed E-state index contributed by atoms with van der Waals surface area (Å²) in [6.45, 7) is 23.6. The number of hydrogen-bond donors (Lipinski definition) is 0. The summed E-state index contributed by atoms with van der Waals surface area (Å²) in [7, 11) is -2.25. The van der Waals surface area contributed by atoms with Crippen LogP contribution >= 0.6 is 0 Å². The second kappa shape index (κ2) is 11.2. The third-order valence-corrected chi connectivity index (χ3v) is 13.3. The van der Waals surface area contributed by atoms with Gasteiger partial charge in [0.25, 0.3) is 0 Å². The second-order valence-corrected chi connectivity index (χ2v) is 16.8. The fraction of sp³-hybridized carbons (Fsp3) is 0.893. The fourth-order valence-corrected chi connectivity index (χ4v) is 6.52. The number of rotatable bonds is 12. The number of ketones is 1. The molecular formula is C28H50O7Si. The lowest BCUT2D eigenvalue weighted by atomic mass is 9.98. The zero-order valence-corrected chi connectivity index (χ0v) is 25.1. The molecule has 0 unspecified atom stereocenters. The summed E-state index contributed by atoms with van der Waals surface area (Å²) < 4.78 is 39.6. The fourth-order valence-electron chi connectivity index (χ4n) is 5.20. The number of carbonyl (C=O) groups excluding carboxylic acids is 1. The van der Waals surface area contributed by atoms with E-state index in [0.29, 0.717) is 32.3 Å². The Balaban J connectivity index is 1.99. The average molecular weight is 527 g/mol. The lowest BCUT2D eigenvalue weighted by Gasteiger charge is -2.43. The molecule has 0 N–H and O–H groups in total. The monoisotopic (exact) mass is 526 g/mol. The number of allylic oxidation sites excluding steroid dienone is 1. The zero-order chi connectivity index (χ0) is 26.9. The molecule has 0 saturated carbocycles. The summed E-state index contributed by atoms with van der Waals surface area (Å²) in [6, 6.07) is 0. The number of fused-ring (bicyclic) bond motifs is 1. The normalized spacial score (nSPS) is 32.4. The molecule has 6 atom stereocenters. The van der Waals surface area contributed by atoms with E-state index in [1.807, 2.05) is 0 Å². The van der Waals surface area contributed by atoms with E-state index in [4.69, 9.17) is 28.1 Å². The van der Waals surface area contributed by atoms with Gasteiger partial charge in [0, 0.05) is 6.42 Å². The first-order valence-electron chi connectivity index (χ1n) is 14.0. The van der Waals surface area contributed by atoms with E-state index in [2.05, 4.69) is 68.1 Å². The van der Waals surface area contributed by atoms with Gasteiger partial charge in [0.1, 0.15) is 36.6 Å². The van der Waals surface area contributed by atoms with Gasteiger partial charge >= 0.3 is 0 Å². The van der Waals surface area contributed by atoms with Gasteiger partial charge in [0.05, 0.1) is 6.61 Å². The molecule has 0 aliphatic carbocycles. The van der Waals surface area contributed by atoms with Gasteiger partial charge < -0.3 is 28.1 Å². The third kappa shape index (κ3) is 5.70. The molecule has 0 aromatic carbocycles.